The van der Waals surface area contributed by atoms with E-state index >= 15 is 0 Å². The molecule has 5 rings (SSSR count). The number of thiocarbonyl (C=S) groups is 1. The van der Waals surface area contributed by atoms with Crippen LogP contribution in [-0.2, 0) is 26.2 Å². The molecule has 2 N–H and O–H groups in total. The predicted octanol–water partition coefficient (Wildman–Crippen LogP) is 4.60. The molecule has 0 bridgehead atoms. The quantitative estimate of drug-likeness (QED) is 0.573. The second kappa shape index (κ2) is 8.06. The van der Waals surface area contributed by atoms with Gasteiger partial charge in [-0.2, -0.15) is 9.97 Å². The Bertz CT molecular complexity index is 1050. The van der Waals surface area contributed by atoms with Gasteiger partial charge in [0.1, 0.15) is 11.6 Å². The van der Waals surface area contributed by atoms with Gasteiger partial charge in [0.2, 0.25) is 5.95 Å². The van der Waals surface area contributed by atoms with Gasteiger partial charge in [-0.1, -0.05) is 48.5 Å². The summed E-state index contributed by atoms with van der Waals surface area (Å²) in [5.41, 5.74) is 5.25. The van der Waals surface area contributed by atoms with Crippen molar-refractivity contribution in [3.8, 4) is 0 Å². The average molecular weight is 445 g/mol. The number of aromatic nitrogens is 2. The van der Waals surface area contributed by atoms with Crippen molar-refractivity contribution in [3.05, 3.63) is 76.9 Å². The number of hydrogen-bond donors (Lipinski definition) is 2. The normalized spacial score (nSPS) is 14.8. The van der Waals surface area contributed by atoms with Crippen molar-refractivity contribution in [3.63, 3.8) is 0 Å². The molecule has 0 aliphatic carbocycles. The van der Waals surface area contributed by atoms with Crippen molar-refractivity contribution in [1.29, 1.82) is 0 Å². The third-order valence-corrected chi connectivity index (χ3v) is 5.95. The molecule has 3 heterocycles. The Labute approximate surface area is 194 Å². The van der Waals surface area contributed by atoms with Gasteiger partial charge < -0.3 is 20.4 Å². The van der Waals surface area contributed by atoms with Gasteiger partial charge in [-0.15, -0.1) is 0 Å². The molecule has 0 atom stereocenters. The molecule has 164 valence electrons. The largest absolute Gasteiger partial charge is 0.358 e. The number of nitrogens with zero attached hydrogens (tertiary/aromatic N) is 4. The fourth-order valence-corrected chi connectivity index (χ4v) is 4.66. The molecule has 1 aromatic heterocycles. The molecule has 0 amide bonds. The van der Waals surface area contributed by atoms with Crippen molar-refractivity contribution in [2.24, 2.45) is 0 Å². The Kier molecular flexibility index (Phi) is 5.21. The average Bonchev–Trinajstić information content (AvgIpc) is 3.36. The first-order valence-electron chi connectivity index (χ1n) is 11.0. The Morgan fingerprint density at radius 2 is 1.19 bits per heavy atom. The van der Waals surface area contributed by atoms with Gasteiger partial charge in [0.15, 0.2) is 5.11 Å². The zero-order chi connectivity index (χ0) is 22.3. The van der Waals surface area contributed by atoms with Crippen LogP contribution >= 0.6 is 12.2 Å². The minimum Gasteiger partial charge on any atom is -0.358 e. The zero-order valence-corrected chi connectivity index (χ0v) is 19.5. The van der Waals surface area contributed by atoms with Crippen LogP contribution in [0.25, 0.3) is 0 Å². The molecular weight excluding hydrogens is 416 g/mol. The fraction of sp³-hybridized carbons (Fsp3) is 0.320. The summed E-state index contributed by atoms with van der Waals surface area (Å²) in [6.45, 7) is 9.60. The molecule has 0 saturated carbocycles. The summed E-state index contributed by atoms with van der Waals surface area (Å²) in [7, 11) is 0. The molecule has 0 fully saturated rings. The minimum atomic E-state index is -0.141. The highest BCUT2D eigenvalue weighted by molar-refractivity contribution is 7.80. The van der Waals surface area contributed by atoms with Gasteiger partial charge in [0.05, 0.1) is 0 Å². The molecule has 2 aliphatic heterocycles. The Morgan fingerprint density at radius 1 is 0.781 bits per heavy atom. The van der Waals surface area contributed by atoms with E-state index in [2.05, 4.69) is 95.8 Å². The highest BCUT2D eigenvalue weighted by Crippen LogP contribution is 2.32. The number of anilines is 3. The third-order valence-electron chi connectivity index (χ3n) is 5.74. The van der Waals surface area contributed by atoms with E-state index in [9.17, 15) is 0 Å². The number of nitrogens with one attached hydrogen (secondary N) is 2. The van der Waals surface area contributed by atoms with Gasteiger partial charge in [0, 0.05) is 37.8 Å². The van der Waals surface area contributed by atoms with Crippen LogP contribution in [-0.4, -0.2) is 20.6 Å². The van der Waals surface area contributed by atoms with E-state index in [1.165, 1.54) is 22.3 Å². The molecule has 2 aromatic carbocycles. The molecule has 2 aliphatic rings. The fourth-order valence-electron chi connectivity index (χ4n) is 4.27. The van der Waals surface area contributed by atoms with Crippen LogP contribution in [0.4, 0.5) is 17.6 Å². The second-order valence-corrected chi connectivity index (χ2v) is 9.89. The van der Waals surface area contributed by atoms with Crippen LogP contribution in [0.1, 0.15) is 43.0 Å². The zero-order valence-electron chi connectivity index (χ0n) is 18.7. The first kappa shape index (κ1) is 20.7. The van der Waals surface area contributed by atoms with Crippen molar-refractivity contribution in [2.45, 2.75) is 52.5 Å². The summed E-state index contributed by atoms with van der Waals surface area (Å²) in [4.78, 5) is 14.3. The Morgan fingerprint density at radius 3 is 1.56 bits per heavy atom. The number of fused-ring (bicyclic) bond motifs is 2. The SMILES string of the molecule is CC(C)(C)NC(=S)Nc1nc(N2Cc3ccccc3C2)cc(N2Cc3ccccc3C2)n1. The van der Waals surface area contributed by atoms with E-state index in [1.807, 2.05) is 0 Å². The molecule has 0 spiro atoms. The van der Waals surface area contributed by atoms with E-state index in [4.69, 9.17) is 22.2 Å². The summed E-state index contributed by atoms with van der Waals surface area (Å²) in [5, 5.41) is 7.02. The van der Waals surface area contributed by atoms with Crippen molar-refractivity contribution in [2.75, 3.05) is 15.1 Å². The predicted molar refractivity (Wildman–Crippen MR) is 134 cm³/mol. The van der Waals surface area contributed by atoms with E-state index in [1.54, 1.807) is 0 Å². The van der Waals surface area contributed by atoms with Gasteiger partial charge in [-0.05, 0) is 55.2 Å². The van der Waals surface area contributed by atoms with Gasteiger partial charge >= 0.3 is 0 Å². The van der Waals surface area contributed by atoms with Crippen LogP contribution in [0.5, 0.6) is 0 Å². The highest BCUT2D eigenvalue weighted by Gasteiger charge is 2.25. The minimum absolute atomic E-state index is 0.141. The molecular formula is C25H28N6S. The number of rotatable bonds is 3. The van der Waals surface area contributed by atoms with E-state index < -0.39 is 0 Å². The molecule has 32 heavy (non-hydrogen) atoms. The summed E-state index contributed by atoms with van der Waals surface area (Å²) >= 11 is 5.52. The number of benzene rings is 2. The van der Waals surface area contributed by atoms with Crippen molar-refractivity contribution >= 4 is 34.9 Å². The Hall–Kier alpha value is -3.19. The molecule has 0 saturated heterocycles. The monoisotopic (exact) mass is 444 g/mol. The summed E-state index contributed by atoms with van der Waals surface area (Å²) in [6, 6.07) is 19.2. The highest BCUT2D eigenvalue weighted by atomic mass is 32.1. The van der Waals surface area contributed by atoms with Crippen molar-refractivity contribution < 1.29 is 0 Å². The van der Waals surface area contributed by atoms with E-state index in [-0.39, 0.29) is 5.54 Å². The maximum absolute atomic E-state index is 5.52. The van der Waals surface area contributed by atoms with E-state index in [0.717, 1.165) is 37.8 Å². The third kappa shape index (κ3) is 4.39. The van der Waals surface area contributed by atoms with Crippen molar-refractivity contribution in [1.82, 2.24) is 15.3 Å². The van der Waals surface area contributed by atoms with Crippen LogP contribution in [0.15, 0.2) is 54.6 Å². The Balaban J connectivity index is 1.45. The van der Waals surface area contributed by atoms with Crippen LogP contribution in [0, 0.1) is 0 Å². The number of hydrogen-bond acceptors (Lipinski definition) is 5. The molecule has 7 heteroatoms. The van der Waals surface area contributed by atoms with Crippen LogP contribution < -0.4 is 20.4 Å². The van der Waals surface area contributed by atoms with E-state index in [0.29, 0.717) is 11.1 Å². The van der Waals surface area contributed by atoms with Gasteiger partial charge in [-0.25, -0.2) is 0 Å². The lowest BCUT2D eigenvalue weighted by Gasteiger charge is -2.24. The van der Waals surface area contributed by atoms with Crippen LogP contribution in [0.3, 0.4) is 0 Å². The maximum atomic E-state index is 5.52. The summed E-state index contributed by atoms with van der Waals surface area (Å²) in [6.07, 6.45) is 0. The second-order valence-electron chi connectivity index (χ2n) is 9.49. The smallest absolute Gasteiger partial charge is 0.232 e. The molecule has 6 nitrogen and oxygen atoms in total. The lowest BCUT2D eigenvalue weighted by Crippen LogP contribution is -2.43. The summed E-state index contributed by atoms with van der Waals surface area (Å²) in [5.74, 6) is 2.33. The standard InChI is InChI=1S/C25H28N6S/c1-25(2,3)29-24(32)28-23-26-21(30-13-17-8-4-5-9-18(17)14-30)12-22(27-23)31-15-19-10-6-7-11-20(19)16-31/h4-12H,13-16H2,1-3H3,(H2,26,27,28,29,32). The first-order valence-corrected chi connectivity index (χ1v) is 11.4. The first-order chi connectivity index (χ1) is 15.3. The lowest BCUT2D eigenvalue weighted by molar-refractivity contribution is 0.514. The van der Waals surface area contributed by atoms with Crippen LogP contribution in [0.2, 0.25) is 0 Å². The van der Waals surface area contributed by atoms with Gasteiger partial charge in [-0.3, -0.25) is 0 Å². The van der Waals surface area contributed by atoms with Gasteiger partial charge in [0.25, 0.3) is 0 Å². The molecule has 0 radical (unpaired) electrons. The topological polar surface area (TPSA) is 56.3 Å². The lowest BCUT2D eigenvalue weighted by atomic mass is 10.1. The molecule has 3 aromatic rings. The maximum Gasteiger partial charge on any atom is 0.232 e. The molecule has 0 unspecified atom stereocenters. The summed E-state index contributed by atoms with van der Waals surface area (Å²) < 4.78 is 0.